The van der Waals surface area contributed by atoms with E-state index in [-0.39, 0.29) is 41.7 Å². The first-order valence-corrected chi connectivity index (χ1v) is 9.86. The molecule has 0 fully saturated rings. The van der Waals surface area contributed by atoms with Gasteiger partial charge >= 0.3 is 6.18 Å². The third-order valence-electron chi connectivity index (χ3n) is 4.52. The van der Waals surface area contributed by atoms with Crippen molar-refractivity contribution in [2.24, 2.45) is 4.99 Å². The minimum Gasteiger partial charge on any atom is -0.489 e. The SMILES string of the molecule is CCC(CNC(=NC)NCc1cccc(C(=O)NC)c1)Oc1cccc(C(F)(F)F)c1.I. The molecule has 0 spiro atoms. The Hall–Kier alpha value is -2.50. The number of hydrogen-bond acceptors (Lipinski definition) is 3. The number of nitrogens with one attached hydrogen (secondary N) is 3. The van der Waals surface area contributed by atoms with Gasteiger partial charge in [0.2, 0.25) is 0 Å². The molecule has 2 aromatic rings. The molecule has 6 nitrogen and oxygen atoms in total. The van der Waals surface area contributed by atoms with Crippen molar-refractivity contribution < 1.29 is 22.7 Å². The number of nitrogens with zero attached hydrogens (tertiary/aromatic N) is 1. The van der Waals surface area contributed by atoms with Gasteiger partial charge in [-0.2, -0.15) is 13.2 Å². The number of alkyl halides is 3. The highest BCUT2D eigenvalue weighted by molar-refractivity contribution is 14.0. The quantitative estimate of drug-likeness (QED) is 0.255. The first-order valence-electron chi connectivity index (χ1n) is 9.86. The van der Waals surface area contributed by atoms with E-state index in [1.54, 1.807) is 32.3 Å². The summed E-state index contributed by atoms with van der Waals surface area (Å²) < 4.78 is 44.4. The standard InChI is InChI=1S/C22H27F3N4O2.HI/c1-4-18(31-19-10-6-9-17(12-19)22(23,24)25)14-29-21(27-3)28-13-15-7-5-8-16(11-15)20(30)26-2;/h5-12,18H,4,13-14H2,1-3H3,(H,26,30)(H2,27,28,29);1H. The fraction of sp³-hybridized carbons (Fsp3) is 0.364. The highest BCUT2D eigenvalue weighted by atomic mass is 127. The van der Waals surface area contributed by atoms with Gasteiger partial charge in [0.25, 0.3) is 5.91 Å². The molecular weight excluding hydrogens is 536 g/mol. The van der Waals surface area contributed by atoms with Crippen molar-refractivity contribution in [1.29, 1.82) is 0 Å². The highest BCUT2D eigenvalue weighted by Gasteiger charge is 2.30. The van der Waals surface area contributed by atoms with E-state index in [4.69, 9.17) is 4.74 Å². The Bertz CT molecular complexity index is 907. The zero-order valence-electron chi connectivity index (χ0n) is 18.1. The first kappa shape index (κ1) is 27.5. The lowest BCUT2D eigenvalue weighted by Crippen LogP contribution is -2.42. The number of carbonyl (C=O) groups is 1. The fourth-order valence-electron chi connectivity index (χ4n) is 2.79. The van der Waals surface area contributed by atoms with E-state index in [0.717, 1.165) is 17.7 Å². The van der Waals surface area contributed by atoms with Crippen LogP contribution in [0.25, 0.3) is 0 Å². The van der Waals surface area contributed by atoms with Gasteiger partial charge in [0.05, 0.1) is 12.1 Å². The molecular formula is C22H28F3IN4O2. The summed E-state index contributed by atoms with van der Waals surface area (Å²) in [5.74, 6) is 0.510. The van der Waals surface area contributed by atoms with Crippen LogP contribution in [0.2, 0.25) is 0 Å². The molecule has 0 aliphatic heterocycles. The van der Waals surface area contributed by atoms with Crippen molar-refractivity contribution in [2.45, 2.75) is 32.2 Å². The molecule has 1 atom stereocenters. The Morgan fingerprint density at radius 3 is 2.47 bits per heavy atom. The maximum absolute atomic E-state index is 12.9. The van der Waals surface area contributed by atoms with Crippen LogP contribution in [-0.4, -0.2) is 38.6 Å². The van der Waals surface area contributed by atoms with Crippen LogP contribution in [-0.2, 0) is 12.7 Å². The Kier molecular flexibility index (Phi) is 11.3. The number of hydrogen-bond donors (Lipinski definition) is 3. The van der Waals surface area contributed by atoms with E-state index in [2.05, 4.69) is 20.9 Å². The number of ether oxygens (including phenoxy) is 1. The van der Waals surface area contributed by atoms with Crippen molar-refractivity contribution in [1.82, 2.24) is 16.0 Å². The molecule has 32 heavy (non-hydrogen) atoms. The first-order chi connectivity index (χ1) is 14.8. The van der Waals surface area contributed by atoms with E-state index in [9.17, 15) is 18.0 Å². The summed E-state index contributed by atoms with van der Waals surface area (Å²) in [4.78, 5) is 15.9. The van der Waals surface area contributed by atoms with Crippen LogP contribution in [0.5, 0.6) is 5.75 Å². The smallest absolute Gasteiger partial charge is 0.416 e. The van der Waals surface area contributed by atoms with Crippen molar-refractivity contribution in [3.05, 3.63) is 65.2 Å². The molecule has 0 radical (unpaired) electrons. The Balaban J connectivity index is 0.00000512. The fourth-order valence-corrected chi connectivity index (χ4v) is 2.79. The molecule has 0 aliphatic carbocycles. The second-order valence-electron chi connectivity index (χ2n) is 6.76. The molecule has 0 heterocycles. The van der Waals surface area contributed by atoms with Gasteiger partial charge in [-0.25, -0.2) is 0 Å². The molecule has 1 unspecified atom stereocenters. The maximum atomic E-state index is 12.9. The van der Waals surface area contributed by atoms with Crippen molar-refractivity contribution in [2.75, 3.05) is 20.6 Å². The number of benzene rings is 2. The third kappa shape index (κ3) is 8.56. The number of aliphatic imine (C=N–C) groups is 1. The zero-order valence-corrected chi connectivity index (χ0v) is 20.5. The van der Waals surface area contributed by atoms with Crippen LogP contribution in [0.3, 0.4) is 0 Å². The van der Waals surface area contributed by atoms with Gasteiger partial charge in [-0.1, -0.05) is 25.1 Å². The van der Waals surface area contributed by atoms with Crippen LogP contribution in [0.15, 0.2) is 53.5 Å². The van der Waals surface area contributed by atoms with Crippen molar-refractivity contribution in [3.63, 3.8) is 0 Å². The van der Waals surface area contributed by atoms with Gasteiger partial charge in [0.1, 0.15) is 11.9 Å². The molecule has 2 rings (SSSR count). The molecule has 0 aromatic heterocycles. The number of guanidine groups is 1. The van der Waals surface area contributed by atoms with Crippen molar-refractivity contribution >= 4 is 35.8 Å². The van der Waals surface area contributed by atoms with E-state index in [1.807, 2.05) is 13.0 Å². The van der Waals surface area contributed by atoms with Crippen LogP contribution in [0.4, 0.5) is 13.2 Å². The van der Waals surface area contributed by atoms with Gasteiger partial charge in [0, 0.05) is 26.2 Å². The molecule has 0 saturated carbocycles. The van der Waals surface area contributed by atoms with E-state index in [1.165, 1.54) is 12.1 Å². The molecule has 0 bridgehead atoms. The normalized spacial score (nSPS) is 12.4. The average molecular weight is 564 g/mol. The summed E-state index contributed by atoms with van der Waals surface area (Å²) in [6, 6.07) is 12.0. The molecule has 1 amide bonds. The average Bonchev–Trinajstić information content (AvgIpc) is 2.77. The van der Waals surface area contributed by atoms with Crippen LogP contribution in [0, 0.1) is 0 Å². The summed E-state index contributed by atoms with van der Waals surface area (Å²) in [6.45, 7) is 2.68. The molecule has 0 aliphatic rings. The molecule has 10 heteroatoms. The maximum Gasteiger partial charge on any atom is 0.416 e. The van der Waals surface area contributed by atoms with Gasteiger partial charge in [-0.15, -0.1) is 24.0 Å². The van der Waals surface area contributed by atoms with E-state index in [0.29, 0.717) is 31.0 Å². The summed E-state index contributed by atoms with van der Waals surface area (Å²) in [7, 11) is 3.19. The van der Waals surface area contributed by atoms with Crippen LogP contribution < -0.4 is 20.7 Å². The third-order valence-corrected chi connectivity index (χ3v) is 4.52. The van der Waals surface area contributed by atoms with Crippen molar-refractivity contribution in [3.8, 4) is 5.75 Å². The highest BCUT2D eigenvalue weighted by Crippen LogP contribution is 2.31. The largest absolute Gasteiger partial charge is 0.489 e. The number of amides is 1. The molecule has 176 valence electrons. The number of carbonyl (C=O) groups excluding carboxylic acids is 1. The Morgan fingerprint density at radius 2 is 1.84 bits per heavy atom. The molecule has 0 saturated heterocycles. The summed E-state index contributed by atoms with van der Waals surface area (Å²) >= 11 is 0. The van der Waals surface area contributed by atoms with Gasteiger partial charge in [-0.05, 0) is 42.3 Å². The monoisotopic (exact) mass is 564 g/mol. The Labute approximate surface area is 203 Å². The predicted octanol–water partition coefficient (Wildman–Crippen LogP) is 4.21. The summed E-state index contributed by atoms with van der Waals surface area (Å²) in [5.41, 5.74) is 0.714. The number of halogens is 4. The second-order valence-corrected chi connectivity index (χ2v) is 6.76. The Morgan fingerprint density at radius 1 is 1.12 bits per heavy atom. The second kappa shape index (κ2) is 13.1. The van der Waals surface area contributed by atoms with E-state index < -0.39 is 11.7 Å². The zero-order chi connectivity index (χ0) is 22.9. The predicted molar refractivity (Wildman–Crippen MR) is 130 cm³/mol. The number of rotatable bonds is 8. The lowest BCUT2D eigenvalue weighted by atomic mass is 10.1. The van der Waals surface area contributed by atoms with Crippen LogP contribution in [0.1, 0.15) is 34.8 Å². The lowest BCUT2D eigenvalue weighted by molar-refractivity contribution is -0.137. The van der Waals surface area contributed by atoms with Gasteiger partial charge in [0.15, 0.2) is 5.96 Å². The molecule has 3 N–H and O–H groups in total. The van der Waals surface area contributed by atoms with E-state index >= 15 is 0 Å². The van der Waals surface area contributed by atoms with Gasteiger partial charge < -0.3 is 20.7 Å². The molecule has 2 aromatic carbocycles. The van der Waals surface area contributed by atoms with Crippen LogP contribution >= 0.6 is 24.0 Å². The summed E-state index contributed by atoms with van der Waals surface area (Å²) in [5, 5.41) is 8.85. The minimum atomic E-state index is -4.42. The topological polar surface area (TPSA) is 74.8 Å². The minimum absolute atomic E-state index is 0. The van der Waals surface area contributed by atoms with Gasteiger partial charge in [-0.3, -0.25) is 9.79 Å². The summed E-state index contributed by atoms with van der Waals surface area (Å²) in [6.07, 6.45) is -4.17. The lowest BCUT2D eigenvalue weighted by Gasteiger charge is -2.20.